The largest absolute Gasteiger partial charge is 0.325 e. The molecule has 0 bridgehead atoms. The van der Waals surface area contributed by atoms with Crippen molar-refractivity contribution in [2.75, 3.05) is 11.9 Å². The quantitative estimate of drug-likeness (QED) is 0.853. The van der Waals surface area contributed by atoms with Crippen LogP contribution in [0.5, 0.6) is 0 Å². The van der Waals surface area contributed by atoms with Crippen LogP contribution in [0, 0.1) is 20.8 Å². The van der Waals surface area contributed by atoms with E-state index in [0.717, 1.165) is 5.56 Å². The van der Waals surface area contributed by atoms with Gasteiger partial charge in [-0.1, -0.05) is 35.4 Å². The predicted molar refractivity (Wildman–Crippen MR) is 95.9 cm³/mol. The summed E-state index contributed by atoms with van der Waals surface area (Å²) in [7, 11) is -3.77. The monoisotopic (exact) mass is 366 g/mol. The molecule has 0 heterocycles. The minimum atomic E-state index is -3.77. The van der Waals surface area contributed by atoms with Gasteiger partial charge in [-0.2, -0.15) is 0 Å². The highest BCUT2D eigenvalue weighted by Gasteiger charge is 2.20. The van der Waals surface area contributed by atoms with Crippen LogP contribution < -0.4 is 10.0 Å². The van der Waals surface area contributed by atoms with E-state index in [0.29, 0.717) is 21.8 Å². The lowest BCUT2D eigenvalue weighted by molar-refractivity contribution is -0.115. The lowest BCUT2D eigenvalue weighted by atomic mass is 10.1. The molecule has 128 valence electrons. The van der Waals surface area contributed by atoms with Gasteiger partial charge in [0.25, 0.3) is 0 Å². The molecule has 1 amide bonds. The van der Waals surface area contributed by atoms with Gasteiger partial charge in [0, 0.05) is 10.7 Å². The van der Waals surface area contributed by atoms with Crippen molar-refractivity contribution in [2.24, 2.45) is 0 Å². The fourth-order valence-electron chi connectivity index (χ4n) is 2.59. The molecule has 0 aromatic heterocycles. The number of hydrogen-bond acceptors (Lipinski definition) is 3. The maximum atomic E-state index is 12.5. The molecule has 24 heavy (non-hydrogen) atoms. The van der Waals surface area contributed by atoms with Gasteiger partial charge < -0.3 is 5.32 Å². The Labute approximate surface area is 147 Å². The molecule has 7 heteroatoms. The van der Waals surface area contributed by atoms with Crippen LogP contribution in [0.4, 0.5) is 5.69 Å². The molecule has 5 nitrogen and oxygen atoms in total. The number of benzene rings is 2. The summed E-state index contributed by atoms with van der Waals surface area (Å²) < 4.78 is 27.3. The Bertz CT molecular complexity index is 856. The predicted octanol–water partition coefficient (Wildman–Crippen LogP) is 3.18. The topological polar surface area (TPSA) is 75.3 Å². The van der Waals surface area contributed by atoms with Crippen LogP contribution in [-0.4, -0.2) is 20.9 Å². The Balaban J connectivity index is 2.09. The number of anilines is 1. The van der Waals surface area contributed by atoms with Crippen molar-refractivity contribution in [3.05, 3.63) is 58.1 Å². The van der Waals surface area contributed by atoms with E-state index in [1.165, 1.54) is 0 Å². The van der Waals surface area contributed by atoms with Crippen molar-refractivity contribution < 1.29 is 13.2 Å². The molecule has 0 aliphatic heterocycles. The van der Waals surface area contributed by atoms with Crippen LogP contribution in [0.3, 0.4) is 0 Å². The molecule has 0 unspecified atom stereocenters. The number of halogens is 1. The van der Waals surface area contributed by atoms with Crippen LogP contribution in [0.2, 0.25) is 5.02 Å². The highest BCUT2D eigenvalue weighted by Crippen LogP contribution is 2.21. The highest BCUT2D eigenvalue weighted by atomic mass is 35.5. The minimum absolute atomic E-state index is 0.212. The normalized spacial score (nSPS) is 11.3. The molecule has 2 N–H and O–H groups in total. The van der Waals surface area contributed by atoms with Crippen molar-refractivity contribution in [1.29, 1.82) is 0 Å². The van der Waals surface area contributed by atoms with Crippen LogP contribution >= 0.6 is 11.6 Å². The number of nitrogens with one attached hydrogen (secondary N) is 2. The van der Waals surface area contributed by atoms with Gasteiger partial charge in [0.15, 0.2) is 0 Å². The van der Waals surface area contributed by atoms with Gasteiger partial charge in [0.1, 0.15) is 0 Å². The fourth-order valence-corrected chi connectivity index (χ4v) is 4.22. The summed E-state index contributed by atoms with van der Waals surface area (Å²) in [6, 6.07) is 10.2. The van der Waals surface area contributed by atoms with Gasteiger partial charge in [-0.15, -0.1) is 0 Å². The first-order valence-corrected chi connectivity index (χ1v) is 9.18. The van der Waals surface area contributed by atoms with E-state index in [2.05, 4.69) is 10.0 Å². The molecule has 0 fully saturated rings. The number of aryl methyl sites for hydroxylation is 3. The summed E-state index contributed by atoms with van der Waals surface area (Å²) in [6.07, 6.45) is 0. The summed E-state index contributed by atoms with van der Waals surface area (Å²) in [4.78, 5) is 12.2. The Morgan fingerprint density at radius 1 is 1.08 bits per heavy atom. The van der Waals surface area contributed by atoms with Crippen molar-refractivity contribution in [3.8, 4) is 0 Å². The number of sulfonamides is 1. The maximum absolute atomic E-state index is 12.5. The van der Waals surface area contributed by atoms with Crippen molar-refractivity contribution in [3.63, 3.8) is 0 Å². The van der Waals surface area contributed by atoms with Crippen LogP contribution in [-0.2, 0) is 14.8 Å². The first-order valence-electron chi connectivity index (χ1n) is 7.32. The average molecular weight is 367 g/mol. The Morgan fingerprint density at radius 2 is 1.71 bits per heavy atom. The molecular weight excluding hydrogens is 348 g/mol. The van der Waals surface area contributed by atoms with Gasteiger partial charge in [0.05, 0.1) is 11.4 Å². The van der Waals surface area contributed by atoms with Crippen LogP contribution in [0.15, 0.2) is 41.3 Å². The van der Waals surface area contributed by atoms with E-state index in [-0.39, 0.29) is 11.4 Å². The summed E-state index contributed by atoms with van der Waals surface area (Å²) in [5.74, 6) is -0.469. The second-order valence-electron chi connectivity index (χ2n) is 5.61. The van der Waals surface area contributed by atoms with E-state index in [4.69, 9.17) is 11.6 Å². The van der Waals surface area contributed by atoms with Crippen LogP contribution in [0.25, 0.3) is 0 Å². The first kappa shape index (κ1) is 18.4. The third-order valence-electron chi connectivity index (χ3n) is 3.40. The SMILES string of the molecule is Cc1cc(C)c(S(=O)(=O)NCC(=O)Nc2cccc(Cl)c2)c(C)c1. The number of carbonyl (C=O) groups is 1. The zero-order valence-electron chi connectivity index (χ0n) is 13.7. The smallest absolute Gasteiger partial charge is 0.241 e. The van der Waals surface area contributed by atoms with Crippen molar-refractivity contribution in [2.45, 2.75) is 25.7 Å². The van der Waals surface area contributed by atoms with Gasteiger partial charge in [0.2, 0.25) is 15.9 Å². The zero-order valence-corrected chi connectivity index (χ0v) is 15.3. The molecular formula is C17H19ClN2O3S. The van der Waals surface area contributed by atoms with E-state index < -0.39 is 15.9 Å². The van der Waals surface area contributed by atoms with Gasteiger partial charge in [-0.05, 0) is 50.1 Å². The van der Waals surface area contributed by atoms with Crippen molar-refractivity contribution in [1.82, 2.24) is 4.72 Å². The zero-order chi connectivity index (χ0) is 17.9. The second kappa shape index (κ2) is 7.34. The van der Waals surface area contributed by atoms with E-state index >= 15 is 0 Å². The van der Waals surface area contributed by atoms with Crippen molar-refractivity contribution >= 4 is 33.2 Å². The number of carbonyl (C=O) groups excluding carboxylic acids is 1. The first-order chi connectivity index (χ1) is 11.2. The molecule has 0 aliphatic rings. The summed E-state index contributed by atoms with van der Waals surface area (Å²) in [5.41, 5.74) is 2.79. The van der Waals surface area contributed by atoms with Gasteiger partial charge in [-0.25, -0.2) is 13.1 Å². The lowest BCUT2D eigenvalue weighted by Gasteiger charge is -2.13. The third kappa shape index (κ3) is 4.56. The Kier molecular flexibility index (Phi) is 5.64. The third-order valence-corrected chi connectivity index (χ3v) is 5.35. The molecule has 0 radical (unpaired) electrons. The van der Waals surface area contributed by atoms with E-state index in [1.807, 2.05) is 6.92 Å². The Morgan fingerprint density at radius 3 is 2.29 bits per heavy atom. The highest BCUT2D eigenvalue weighted by molar-refractivity contribution is 7.89. The Hall–Kier alpha value is -1.89. The minimum Gasteiger partial charge on any atom is -0.325 e. The summed E-state index contributed by atoms with van der Waals surface area (Å²) in [6.45, 7) is 5.02. The fraction of sp³-hybridized carbons (Fsp3) is 0.235. The molecule has 0 aliphatic carbocycles. The van der Waals surface area contributed by atoms with E-state index in [9.17, 15) is 13.2 Å². The molecule has 0 spiro atoms. The van der Waals surface area contributed by atoms with Gasteiger partial charge >= 0.3 is 0 Å². The maximum Gasteiger partial charge on any atom is 0.241 e. The standard InChI is InChI=1S/C17H19ClN2O3S/c1-11-7-12(2)17(13(3)8-11)24(22,23)19-10-16(21)20-15-6-4-5-14(18)9-15/h4-9,19H,10H2,1-3H3,(H,20,21). The average Bonchev–Trinajstić information content (AvgIpc) is 2.44. The molecule has 2 rings (SSSR count). The van der Waals surface area contributed by atoms with Gasteiger partial charge in [-0.3, -0.25) is 4.79 Å². The molecule has 2 aromatic rings. The number of rotatable bonds is 5. The summed E-state index contributed by atoms with van der Waals surface area (Å²) >= 11 is 5.84. The number of hydrogen-bond donors (Lipinski definition) is 2. The van der Waals surface area contributed by atoms with Crippen LogP contribution in [0.1, 0.15) is 16.7 Å². The molecule has 2 aromatic carbocycles. The number of amides is 1. The summed E-state index contributed by atoms with van der Waals surface area (Å²) in [5, 5.41) is 3.08. The second-order valence-corrected chi connectivity index (χ2v) is 7.75. The lowest BCUT2D eigenvalue weighted by Crippen LogP contribution is -2.33. The molecule has 0 saturated carbocycles. The molecule has 0 atom stereocenters. The molecule has 0 saturated heterocycles. The van der Waals surface area contributed by atoms with E-state index in [1.54, 1.807) is 50.2 Å².